The molecule has 0 N–H and O–H groups in total. The third-order valence-corrected chi connectivity index (χ3v) is 6.84. The molecule has 0 amide bonds. The van der Waals surface area contributed by atoms with Crippen molar-refractivity contribution >= 4 is 16.7 Å². The summed E-state index contributed by atoms with van der Waals surface area (Å²) in [5.41, 5.74) is 0.425. The summed E-state index contributed by atoms with van der Waals surface area (Å²) in [5.74, 6) is -2.74. The molecule has 0 unspecified atom stereocenters. The van der Waals surface area contributed by atoms with Crippen LogP contribution in [-0.4, -0.2) is 44.0 Å². The fourth-order valence-electron chi connectivity index (χ4n) is 4.54. The number of nitrogens with zero attached hydrogens (tertiary/aromatic N) is 6. The first-order valence-corrected chi connectivity index (χ1v) is 11.7. The van der Waals surface area contributed by atoms with Gasteiger partial charge in [0, 0.05) is 43.5 Å². The van der Waals surface area contributed by atoms with Crippen molar-refractivity contribution in [2.75, 3.05) is 24.6 Å². The first-order chi connectivity index (χ1) is 17.3. The minimum absolute atomic E-state index is 0.0238. The number of hydrogen-bond acceptors (Lipinski definition) is 6. The number of rotatable bonds is 4. The Morgan fingerprint density at radius 2 is 1.83 bits per heavy atom. The molecule has 2 aliphatic rings. The number of hydrogen-bond donors (Lipinski definition) is 0. The Hall–Kier alpha value is -3.73. The zero-order valence-corrected chi connectivity index (χ0v) is 19.7. The van der Waals surface area contributed by atoms with E-state index in [1.807, 2.05) is 15.8 Å². The molecule has 1 saturated heterocycles. The number of fused-ring (bicyclic) bond motifs is 1. The molecular formula is C25H23F3N6O2. The van der Waals surface area contributed by atoms with Gasteiger partial charge in [0.15, 0.2) is 11.6 Å². The Kier molecular flexibility index (Phi) is 5.32. The number of halogens is 3. The molecule has 6 rings (SSSR count). The van der Waals surface area contributed by atoms with E-state index in [0.29, 0.717) is 43.4 Å². The Labute approximate surface area is 204 Å². The van der Waals surface area contributed by atoms with E-state index >= 15 is 0 Å². The maximum Gasteiger partial charge on any atom is 0.261 e. The molecule has 1 aliphatic heterocycles. The van der Waals surface area contributed by atoms with Crippen LogP contribution in [0.3, 0.4) is 0 Å². The van der Waals surface area contributed by atoms with E-state index in [1.165, 1.54) is 4.57 Å². The van der Waals surface area contributed by atoms with E-state index < -0.39 is 17.5 Å². The monoisotopic (exact) mass is 496 g/mol. The van der Waals surface area contributed by atoms with Crippen LogP contribution in [0.5, 0.6) is 0 Å². The van der Waals surface area contributed by atoms with Crippen LogP contribution < -0.4 is 10.5 Å². The lowest BCUT2D eigenvalue weighted by molar-refractivity contribution is 0.0395. The minimum Gasteiger partial charge on any atom is -0.370 e. The van der Waals surface area contributed by atoms with Crippen molar-refractivity contribution in [2.24, 2.45) is 7.05 Å². The summed E-state index contributed by atoms with van der Waals surface area (Å²) in [6.45, 7) is 2.94. The summed E-state index contributed by atoms with van der Waals surface area (Å²) in [7, 11) is 1.59. The molecule has 1 aromatic carbocycles. The van der Waals surface area contributed by atoms with Crippen molar-refractivity contribution in [1.82, 2.24) is 24.3 Å². The first kappa shape index (κ1) is 22.7. The van der Waals surface area contributed by atoms with Crippen molar-refractivity contribution in [3.63, 3.8) is 0 Å². The molecule has 8 nitrogen and oxygen atoms in total. The molecule has 0 radical (unpaired) electrons. The van der Waals surface area contributed by atoms with Crippen LogP contribution in [0.15, 0.2) is 35.4 Å². The second-order valence-corrected chi connectivity index (χ2v) is 9.28. The number of pyridine rings is 1. The third-order valence-electron chi connectivity index (χ3n) is 6.84. The summed E-state index contributed by atoms with van der Waals surface area (Å²) in [5, 5.41) is 4.65. The number of aryl methyl sites for hydroxylation is 1. The third kappa shape index (κ3) is 3.83. The van der Waals surface area contributed by atoms with Gasteiger partial charge in [0.2, 0.25) is 0 Å². The number of morpholine rings is 1. The predicted octanol–water partition coefficient (Wildman–Crippen LogP) is 3.83. The molecule has 11 heteroatoms. The smallest absolute Gasteiger partial charge is 0.261 e. The first-order valence-electron chi connectivity index (χ1n) is 11.7. The zero-order chi connectivity index (χ0) is 25.1. The van der Waals surface area contributed by atoms with Crippen LogP contribution in [0, 0.1) is 24.4 Å². The lowest BCUT2D eigenvalue weighted by Crippen LogP contribution is -2.39. The number of anilines is 1. The molecule has 3 aromatic heterocycles. The minimum atomic E-state index is -1.31. The second-order valence-electron chi connectivity index (χ2n) is 9.28. The average Bonchev–Trinajstić information content (AvgIpc) is 3.61. The molecule has 4 aromatic rings. The van der Waals surface area contributed by atoms with Crippen molar-refractivity contribution in [1.29, 1.82) is 0 Å². The lowest BCUT2D eigenvalue weighted by atomic mass is 10.1. The van der Waals surface area contributed by atoms with E-state index in [2.05, 4.69) is 15.1 Å². The van der Waals surface area contributed by atoms with Crippen LogP contribution in [0.4, 0.5) is 19.0 Å². The van der Waals surface area contributed by atoms with Gasteiger partial charge in [-0.25, -0.2) is 23.1 Å². The van der Waals surface area contributed by atoms with Gasteiger partial charge in [0.1, 0.15) is 34.8 Å². The van der Waals surface area contributed by atoms with E-state index in [4.69, 9.17) is 4.74 Å². The second kappa shape index (κ2) is 8.44. The van der Waals surface area contributed by atoms with Gasteiger partial charge in [-0.3, -0.25) is 14.0 Å². The zero-order valence-electron chi connectivity index (χ0n) is 19.7. The van der Waals surface area contributed by atoms with Crippen LogP contribution in [0.2, 0.25) is 0 Å². The van der Waals surface area contributed by atoms with Crippen molar-refractivity contribution < 1.29 is 17.9 Å². The molecule has 0 spiro atoms. The Bertz CT molecular complexity index is 1560. The highest BCUT2D eigenvalue weighted by atomic mass is 19.2. The highest BCUT2D eigenvalue weighted by molar-refractivity contribution is 5.93. The van der Waals surface area contributed by atoms with Gasteiger partial charge in [0.05, 0.1) is 24.2 Å². The van der Waals surface area contributed by atoms with Crippen molar-refractivity contribution in [3.05, 3.63) is 69.8 Å². The van der Waals surface area contributed by atoms with Gasteiger partial charge in [0.25, 0.3) is 5.56 Å². The SMILES string of the molecule is Cc1nc2c(-c3cc(F)c(F)cc3F)nc(N3CCO[C@H](c4cnn(C5CC5)c4)C3)cc2c(=O)n1C. The van der Waals surface area contributed by atoms with E-state index in [9.17, 15) is 18.0 Å². The number of aromatic nitrogens is 5. The molecule has 0 bridgehead atoms. The van der Waals surface area contributed by atoms with Gasteiger partial charge in [-0.05, 0) is 31.9 Å². The molecule has 1 aliphatic carbocycles. The van der Waals surface area contributed by atoms with Crippen LogP contribution in [0.1, 0.15) is 36.4 Å². The molecule has 2 fully saturated rings. The fourth-order valence-corrected chi connectivity index (χ4v) is 4.54. The van der Waals surface area contributed by atoms with Crippen LogP contribution in [0.25, 0.3) is 22.2 Å². The van der Waals surface area contributed by atoms with Crippen LogP contribution in [-0.2, 0) is 11.8 Å². The largest absolute Gasteiger partial charge is 0.370 e. The van der Waals surface area contributed by atoms with Crippen molar-refractivity contribution in [3.8, 4) is 11.3 Å². The molecule has 1 atom stereocenters. The van der Waals surface area contributed by atoms with Gasteiger partial charge in [-0.2, -0.15) is 5.10 Å². The normalized spacial score (nSPS) is 18.2. The molecule has 4 heterocycles. The predicted molar refractivity (Wildman–Crippen MR) is 126 cm³/mol. The summed E-state index contributed by atoms with van der Waals surface area (Å²) in [6.07, 6.45) is 5.75. The van der Waals surface area contributed by atoms with Gasteiger partial charge in [-0.15, -0.1) is 0 Å². The average molecular weight is 496 g/mol. The highest BCUT2D eigenvalue weighted by Crippen LogP contribution is 2.36. The standard InChI is InChI=1S/C25H23F3N6O2/c1-13-30-24-17(25(35)32(13)2)8-22(31-23(24)16-7-19(27)20(28)9-18(16)26)33-5-6-36-21(12-33)14-10-29-34(11-14)15-3-4-15/h7-11,15,21H,3-6,12H2,1-2H3/t21-/m0/s1. The maximum absolute atomic E-state index is 14.9. The number of ether oxygens (including phenoxy) is 1. The summed E-state index contributed by atoms with van der Waals surface area (Å²) in [6, 6.07) is 3.28. The topological polar surface area (TPSA) is 78.1 Å². The van der Waals surface area contributed by atoms with E-state index in [1.54, 1.807) is 26.2 Å². The quantitative estimate of drug-likeness (QED) is 0.400. The van der Waals surface area contributed by atoms with Gasteiger partial charge < -0.3 is 9.64 Å². The van der Waals surface area contributed by atoms with Gasteiger partial charge in [-0.1, -0.05) is 0 Å². The molecule has 36 heavy (non-hydrogen) atoms. The van der Waals surface area contributed by atoms with E-state index in [-0.39, 0.29) is 33.8 Å². The summed E-state index contributed by atoms with van der Waals surface area (Å²) in [4.78, 5) is 24.1. The van der Waals surface area contributed by atoms with Gasteiger partial charge >= 0.3 is 0 Å². The van der Waals surface area contributed by atoms with Crippen LogP contribution >= 0.6 is 0 Å². The Balaban J connectivity index is 1.47. The molecular weight excluding hydrogens is 473 g/mol. The van der Waals surface area contributed by atoms with Crippen molar-refractivity contribution in [2.45, 2.75) is 31.9 Å². The highest BCUT2D eigenvalue weighted by Gasteiger charge is 2.29. The molecule has 186 valence electrons. The Morgan fingerprint density at radius 3 is 2.61 bits per heavy atom. The fraction of sp³-hybridized carbons (Fsp3) is 0.360. The van der Waals surface area contributed by atoms with E-state index in [0.717, 1.165) is 24.5 Å². The maximum atomic E-state index is 14.9. The lowest BCUT2D eigenvalue weighted by Gasteiger charge is -2.33. The summed E-state index contributed by atoms with van der Waals surface area (Å²) >= 11 is 0. The summed E-state index contributed by atoms with van der Waals surface area (Å²) < 4.78 is 52.0. The Morgan fingerprint density at radius 1 is 1.06 bits per heavy atom. The molecule has 1 saturated carbocycles. The number of benzene rings is 1.